The van der Waals surface area contributed by atoms with Crippen molar-refractivity contribution in [2.75, 3.05) is 36.0 Å². The van der Waals surface area contributed by atoms with E-state index >= 15 is 0 Å². The number of nitrogens with one attached hydrogen (secondary N) is 3. The maximum atomic E-state index is 13.7. The summed E-state index contributed by atoms with van der Waals surface area (Å²) >= 11 is 0. The molecule has 0 aromatic heterocycles. The number of nitrogens with zero attached hydrogens (tertiary/aromatic N) is 3. The van der Waals surface area contributed by atoms with E-state index in [2.05, 4.69) is 76.8 Å². The third-order valence-corrected chi connectivity index (χ3v) is 10.6. The van der Waals surface area contributed by atoms with Gasteiger partial charge in [0.15, 0.2) is 0 Å². The van der Waals surface area contributed by atoms with Crippen LogP contribution in [0.1, 0.15) is 80.9 Å². The highest BCUT2D eigenvalue weighted by atomic mass is 19.1. The van der Waals surface area contributed by atoms with Crippen LogP contribution in [0.4, 0.5) is 15.8 Å². The van der Waals surface area contributed by atoms with Crippen LogP contribution in [-0.4, -0.2) is 48.5 Å². The first-order valence-corrected chi connectivity index (χ1v) is 18.3. The molecule has 0 amide bonds. The largest absolute Gasteiger partial charge is 0.371 e. The number of anilines is 2. The number of rotatable bonds is 7. The van der Waals surface area contributed by atoms with Crippen molar-refractivity contribution in [1.82, 2.24) is 10.2 Å². The summed E-state index contributed by atoms with van der Waals surface area (Å²) in [4.78, 5) is 7.21. The number of likely N-dealkylation sites (tertiary alicyclic amines) is 1. The fourth-order valence-electron chi connectivity index (χ4n) is 7.84. The molecule has 50 heavy (non-hydrogen) atoms. The van der Waals surface area contributed by atoms with Gasteiger partial charge >= 0.3 is 0 Å². The summed E-state index contributed by atoms with van der Waals surface area (Å²) in [6.07, 6.45) is 12.1. The lowest BCUT2D eigenvalue weighted by molar-refractivity contribution is 0.132. The van der Waals surface area contributed by atoms with Crippen molar-refractivity contribution in [2.24, 2.45) is 0 Å². The van der Waals surface area contributed by atoms with Gasteiger partial charge in [-0.1, -0.05) is 63.4 Å². The summed E-state index contributed by atoms with van der Waals surface area (Å²) in [5.74, 6) is 0.536. The number of allylic oxidation sites excluding steroid dienone is 4. The van der Waals surface area contributed by atoms with Crippen molar-refractivity contribution in [3.8, 4) is 0 Å². The zero-order valence-electron chi connectivity index (χ0n) is 29.6. The summed E-state index contributed by atoms with van der Waals surface area (Å²) in [6.45, 7) is 16.8. The molecule has 0 aliphatic carbocycles. The maximum Gasteiger partial charge on any atom is 0.123 e. The van der Waals surface area contributed by atoms with Gasteiger partial charge in [0.2, 0.25) is 0 Å². The molecule has 1 atom stereocenters. The second kappa shape index (κ2) is 15.9. The molecule has 0 spiro atoms. The van der Waals surface area contributed by atoms with E-state index in [1.807, 2.05) is 24.9 Å². The van der Waals surface area contributed by atoms with Gasteiger partial charge in [0.1, 0.15) is 5.82 Å². The fraction of sp³-hybridized carbons (Fsp3) is 0.349. The van der Waals surface area contributed by atoms with Gasteiger partial charge in [0.05, 0.1) is 17.1 Å². The highest BCUT2D eigenvalue weighted by Gasteiger charge is 2.29. The Morgan fingerprint density at radius 3 is 2.16 bits per heavy atom. The molecule has 7 rings (SSSR count). The lowest BCUT2D eigenvalue weighted by Crippen LogP contribution is -2.47. The smallest absolute Gasteiger partial charge is 0.123 e. The van der Waals surface area contributed by atoms with E-state index < -0.39 is 0 Å². The van der Waals surface area contributed by atoms with Crippen LogP contribution in [0.25, 0.3) is 0 Å². The zero-order valence-corrected chi connectivity index (χ0v) is 29.6. The number of hydrogen-bond acceptors (Lipinski definition) is 6. The van der Waals surface area contributed by atoms with Crippen LogP contribution in [0.5, 0.6) is 0 Å². The second-order valence-corrected chi connectivity index (χ2v) is 13.6. The first kappa shape index (κ1) is 35.1. The highest BCUT2D eigenvalue weighted by Crippen LogP contribution is 2.36. The third-order valence-electron chi connectivity index (χ3n) is 10.6. The van der Waals surface area contributed by atoms with Gasteiger partial charge in [-0.2, -0.15) is 0 Å². The first-order valence-electron chi connectivity index (χ1n) is 18.3. The number of halogens is 1. The molecule has 3 aromatic carbocycles. The van der Waals surface area contributed by atoms with Gasteiger partial charge < -0.3 is 25.4 Å². The van der Waals surface area contributed by atoms with Crippen LogP contribution in [-0.2, 0) is 0 Å². The van der Waals surface area contributed by atoms with Crippen molar-refractivity contribution >= 4 is 22.8 Å². The minimum absolute atomic E-state index is 0.178. The molecule has 3 N–H and O–H groups in total. The third kappa shape index (κ3) is 7.84. The normalized spacial score (nSPS) is 21.3. The monoisotopic (exact) mass is 670 g/mol. The van der Waals surface area contributed by atoms with Crippen molar-refractivity contribution in [3.63, 3.8) is 0 Å². The Morgan fingerprint density at radius 1 is 0.840 bits per heavy atom. The Morgan fingerprint density at radius 2 is 1.50 bits per heavy atom. The maximum absolute atomic E-state index is 13.7. The van der Waals surface area contributed by atoms with Gasteiger partial charge in [-0.25, -0.2) is 4.39 Å². The van der Waals surface area contributed by atoms with Crippen LogP contribution in [0.3, 0.4) is 0 Å². The second-order valence-electron chi connectivity index (χ2n) is 13.6. The molecular formula is C43H51FN6. The molecule has 3 fully saturated rings. The van der Waals surface area contributed by atoms with Crippen LogP contribution < -0.4 is 15.1 Å². The van der Waals surface area contributed by atoms with E-state index in [-0.39, 0.29) is 11.5 Å². The number of piperidine rings is 3. The van der Waals surface area contributed by atoms with E-state index in [9.17, 15) is 4.39 Å². The summed E-state index contributed by atoms with van der Waals surface area (Å²) in [7, 11) is 0. The lowest BCUT2D eigenvalue weighted by Gasteiger charge is -2.42. The lowest BCUT2D eigenvalue weighted by atomic mass is 9.87. The van der Waals surface area contributed by atoms with Crippen LogP contribution >= 0.6 is 0 Å². The minimum Gasteiger partial charge on any atom is -0.371 e. The van der Waals surface area contributed by atoms with E-state index in [1.54, 1.807) is 24.3 Å². The van der Waals surface area contributed by atoms with Crippen molar-refractivity contribution in [1.29, 1.82) is 10.8 Å². The van der Waals surface area contributed by atoms with Gasteiger partial charge in [-0.05, 0) is 117 Å². The molecule has 6 nitrogen and oxygen atoms in total. The SMILES string of the molecule is C=C1CCC(c2ccc(N3CCC(N4CCC(c5ccc(N6C=CC(=N)/C6=C\C(=N)c6cccc(F)c6)cc5)CC4)CC3)cc2)C(=C)N1.CC. The average Bonchev–Trinajstić information content (AvgIpc) is 3.52. The molecule has 3 saturated heterocycles. The van der Waals surface area contributed by atoms with Crippen molar-refractivity contribution < 1.29 is 4.39 Å². The van der Waals surface area contributed by atoms with Gasteiger partial charge in [0.25, 0.3) is 0 Å². The molecule has 0 saturated carbocycles. The molecule has 1 unspecified atom stereocenters. The molecule has 4 aliphatic heterocycles. The van der Waals surface area contributed by atoms with Gasteiger partial charge in [-0.3, -0.25) is 5.41 Å². The van der Waals surface area contributed by atoms with Crippen molar-refractivity contribution in [3.05, 3.63) is 144 Å². The summed E-state index contributed by atoms with van der Waals surface area (Å²) in [5, 5.41) is 20.3. The fourth-order valence-corrected chi connectivity index (χ4v) is 7.84. The van der Waals surface area contributed by atoms with Crippen LogP contribution in [0.15, 0.2) is 121 Å². The topological polar surface area (TPSA) is 69.5 Å². The van der Waals surface area contributed by atoms with E-state index in [0.29, 0.717) is 34.8 Å². The number of hydrogen-bond donors (Lipinski definition) is 3. The van der Waals surface area contributed by atoms with Crippen LogP contribution in [0, 0.1) is 16.6 Å². The Labute approximate surface area is 297 Å². The van der Waals surface area contributed by atoms with Gasteiger partial charge in [-0.15, -0.1) is 0 Å². The Kier molecular flexibility index (Phi) is 11.1. The Bertz CT molecular complexity index is 1760. The van der Waals surface area contributed by atoms with E-state index in [0.717, 1.165) is 56.1 Å². The zero-order chi connectivity index (χ0) is 35.2. The standard InChI is InChI=1S/C41H45FN6.C2H6/c1-28-6-15-38(29(2)45-28)32-9-11-35(12-10-32)47-23-18-36(19-24-47)46-21-16-31(17-22-46)30-7-13-37(14-8-30)48-25-20-39(43)41(48)27-40(44)33-4-3-5-34(42)26-33;1-2/h3-5,7-14,20,25-27,31,36,38,43-45H,1-2,6,15-19,21-24H2;1-2H3/b41-27+,43-39?,44-40?;. The highest BCUT2D eigenvalue weighted by molar-refractivity contribution is 6.18. The van der Waals surface area contributed by atoms with E-state index in [4.69, 9.17) is 10.8 Å². The van der Waals surface area contributed by atoms with Crippen LogP contribution in [0.2, 0.25) is 0 Å². The van der Waals surface area contributed by atoms with Gasteiger partial charge in [0, 0.05) is 59.6 Å². The molecule has 0 bridgehead atoms. The molecule has 3 aromatic rings. The molecule has 4 heterocycles. The first-order chi connectivity index (χ1) is 24.3. The predicted octanol–water partition coefficient (Wildman–Crippen LogP) is 9.50. The predicted molar refractivity (Wildman–Crippen MR) is 207 cm³/mol. The average molecular weight is 671 g/mol. The number of benzene rings is 3. The molecule has 0 radical (unpaired) electrons. The van der Waals surface area contributed by atoms with E-state index in [1.165, 1.54) is 54.6 Å². The Hall–Kier alpha value is -4.75. The quantitative estimate of drug-likeness (QED) is 0.219. The molecule has 7 heteroatoms. The summed E-state index contributed by atoms with van der Waals surface area (Å²) in [5.41, 5.74) is 8.74. The molecular weight excluding hydrogens is 620 g/mol. The molecule has 4 aliphatic rings. The molecule has 260 valence electrons. The minimum atomic E-state index is -0.372. The van der Waals surface area contributed by atoms with Crippen molar-refractivity contribution in [2.45, 2.75) is 70.3 Å². The summed E-state index contributed by atoms with van der Waals surface area (Å²) in [6, 6.07) is 24.5. The summed E-state index contributed by atoms with van der Waals surface area (Å²) < 4.78 is 13.7. The Balaban J connectivity index is 0.00000212.